The maximum absolute atomic E-state index is 12.7. The molecule has 1 heterocycles. The highest BCUT2D eigenvalue weighted by molar-refractivity contribution is 5.96. The van der Waals surface area contributed by atoms with Crippen LogP contribution in [0.1, 0.15) is 31.1 Å². The van der Waals surface area contributed by atoms with E-state index in [4.69, 9.17) is 14.2 Å². The number of ether oxygens (including phenoxy) is 3. The molecule has 188 valence electrons. The molecule has 0 saturated carbocycles. The summed E-state index contributed by atoms with van der Waals surface area (Å²) in [5.74, 6) is -0.385. The number of carbonyl (C=O) groups excluding carboxylic acids is 3. The Balaban J connectivity index is 1.45. The van der Waals surface area contributed by atoms with Gasteiger partial charge in [0.15, 0.2) is 17.6 Å². The maximum Gasteiger partial charge on any atom is 0.326 e. The van der Waals surface area contributed by atoms with E-state index < -0.39 is 18.0 Å². The quantitative estimate of drug-likeness (QED) is 0.519. The molecule has 1 atom stereocenters. The topological polar surface area (TPSA) is 97.4 Å². The highest BCUT2D eigenvalue weighted by Gasteiger charge is 2.27. The lowest BCUT2D eigenvalue weighted by molar-refractivity contribution is -0.158. The van der Waals surface area contributed by atoms with Gasteiger partial charge >= 0.3 is 5.97 Å². The molecule has 35 heavy (non-hydrogen) atoms. The lowest BCUT2D eigenvalue weighted by atomic mass is 10.2. The number of carbonyl (C=O) groups is 3. The molecule has 0 aromatic heterocycles. The number of piperazine rings is 1. The molecule has 1 aliphatic rings. The number of benzene rings is 2. The Morgan fingerprint density at radius 2 is 1.57 bits per heavy atom. The second-order valence-electron chi connectivity index (χ2n) is 7.99. The summed E-state index contributed by atoms with van der Waals surface area (Å²) >= 11 is 0. The average molecular weight is 484 g/mol. The van der Waals surface area contributed by atoms with Crippen molar-refractivity contribution >= 4 is 23.5 Å². The van der Waals surface area contributed by atoms with Crippen LogP contribution in [0.25, 0.3) is 0 Å². The average Bonchev–Trinajstić information content (AvgIpc) is 2.88. The third-order valence-electron chi connectivity index (χ3n) is 5.57. The number of hydrogen-bond donors (Lipinski definition) is 1. The molecule has 1 N–H and O–H groups in total. The Morgan fingerprint density at radius 3 is 2.23 bits per heavy atom. The van der Waals surface area contributed by atoms with Crippen LogP contribution in [0.3, 0.4) is 0 Å². The van der Waals surface area contributed by atoms with Gasteiger partial charge in [0.1, 0.15) is 6.54 Å². The fourth-order valence-corrected chi connectivity index (χ4v) is 3.82. The van der Waals surface area contributed by atoms with E-state index in [0.29, 0.717) is 56.5 Å². The number of hydrogen-bond acceptors (Lipinski definition) is 7. The van der Waals surface area contributed by atoms with Crippen LogP contribution in [0.2, 0.25) is 0 Å². The number of anilines is 1. The third-order valence-corrected chi connectivity index (χ3v) is 5.57. The predicted molar refractivity (Wildman–Crippen MR) is 132 cm³/mol. The minimum absolute atomic E-state index is 0.245. The van der Waals surface area contributed by atoms with Crippen molar-refractivity contribution < 1.29 is 28.6 Å². The molecule has 3 rings (SSSR count). The van der Waals surface area contributed by atoms with Crippen LogP contribution < -0.4 is 19.7 Å². The molecule has 0 bridgehead atoms. The third kappa shape index (κ3) is 7.11. The number of nitrogens with zero attached hydrogens (tertiary/aromatic N) is 2. The van der Waals surface area contributed by atoms with Gasteiger partial charge in [-0.15, -0.1) is 0 Å². The first kappa shape index (κ1) is 25.9. The van der Waals surface area contributed by atoms with E-state index in [-0.39, 0.29) is 12.5 Å². The zero-order valence-electron chi connectivity index (χ0n) is 20.5. The smallest absolute Gasteiger partial charge is 0.326 e. The zero-order valence-corrected chi connectivity index (χ0v) is 20.5. The molecule has 1 fully saturated rings. The SMILES string of the molecule is CCOc1ccc(C(=O)NCC(=O)OC(C)C(=O)N2CCN(c3ccccc3)CC2)cc1OCC. The van der Waals surface area contributed by atoms with Crippen molar-refractivity contribution in [2.24, 2.45) is 0 Å². The van der Waals surface area contributed by atoms with E-state index >= 15 is 0 Å². The van der Waals surface area contributed by atoms with Crippen molar-refractivity contribution in [2.75, 3.05) is 50.8 Å². The normalized spacial score (nSPS) is 14.1. The van der Waals surface area contributed by atoms with Crippen LogP contribution >= 0.6 is 0 Å². The summed E-state index contributed by atoms with van der Waals surface area (Å²) in [4.78, 5) is 41.4. The number of rotatable bonds is 10. The summed E-state index contributed by atoms with van der Waals surface area (Å²) in [5.41, 5.74) is 1.45. The van der Waals surface area contributed by atoms with E-state index in [1.54, 1.807) is 30.0 Å². The number of para-hydroxylation sites is 1. The highest BCUT2D eigenvalue weighted by Crippen LogP contribution is 2.28. The van der Waals surface area contributed by atoms with Crippen molar-refractivity contribution in [3.8, 4) is 11.5 Å². The van der Waals surface area contributed by atoms with Crippen LogP contribution in [0.15, 0.2) is 48.5 Å². The van der Waals surface area contributed by atoms with Gasteiger partial charge in [0, 0.05) is 37.4 Å². The van der Waals surface area contributed by atoms with Gasteiger partial charge in [-0.2, -0.15) is 0 Å². The molecule has 1 unspecified atom stereocenters. The Morgan fingerprint density at radius 1 is 0.914 bits per heavy atom. The number of amides is 2. The van der Waals surface area contributed by atoms with Gasteiger partial charge in [-0.3, -0.25) is 14.4 Å². The lowest BCUT2D eigenvalue weighted by Gasteiger charge is -2.37. The minimum Gasteiger partial charge on any atom is -0.490 e. The first-order valence-corrected chi connectivity index (χ1v) is 11.9. The van der Waals surface area contributed by atoms with E-state index in [0.717, 1.165) is 5.69 Å². The molecule has 0 spiro atoms. The van der Waals surface area contributed by atoms with Gasteiger partial charge in [-0.1, -0.05) is 18.2 Å². The van der Waals surface area contributed by atoms with E-state index in [9.17, 15) is 14.4 Å². The maximum atomic E-state index is 12.7. The Labute approximate surface area is 205 Å². The van der Waals surface area contributed by atoms with Crippen molar-refractivity contribution in [1.29, 1.82) is 0 Å². The van der Waals surface area contributed by atoms with Gasteiger partial charge < -0.3 is 29.3 Å². The van der Waals surface area contributed by atoms with Crippen LogP contribution in [-0.4, -0.2) is 74.7 Å². The molecule has 1 aliphatic heterocycles. The fourth-order valence-electron chi connectivity index (χ4n) is 3.82. The van der Waals surface area contributed by atoms with Crippen LogP contribution in [-0.2, 0) is 14.3 Å². The molecule has 1 saturated heterocycles. The molecule has 2 amide bonds. The molecule has 2 aromatic carbocycles. The molecule has 9 heteroatoms. The molecule has 9 nitrogen and oxygen atoms in total. The van der Waals surface area contributed by atoms with Gasteiger partial charge in [0.2, 0.25) is 0 Å². The van der Waals surface area contributed by atoms with E-state index in [1.807, 2.05) is 44.2 Å². The summed E-state index contributed by atoms with van der Waals surface area (Å²) in [5, 5.41) is 2.53. The van der Waals surface area contributed by atoms with Crippen molar-refractivity contribution in [1.82, 2.24) is 10.2 Å². The largest absolute Gasteiger partial charge is 0.490 e. The zero-order chi connectivity index (χ0) is 25.2. The van der Waals surface area contributed by atoms with Gasteiger partial charge in [0.25, 0.3) is 11.8 Å². The predicted octanol–water partition coefficient (Wildman–Crippen LogP) is 2.49. The van der Waals surface area contributed by atoms with Gasteiger partial charge in [0.05, 0.1) is 13.2 Å². The number of nitrogens with one attached hydrogen (secondary N) is 1. The Bertz CT molecular complexity index is 1010. The Hall–Kier alpha value is -3.75. The first-order chi connectivity index (χ1) is 16.9. The van der Waals surface area contributed by atoms with Gasteiger partial charge in [-0.05, 0) is 51.1 Å². The van der Waals surface area contributed by atoms with Crippen LogP contribution in [0.5, 0.6) is 11.5 Å². The van der Waals surface area contributed by atoms with Gasteiger partial charge in [-0.25, -0.2) is 0 Å². The Kier molecular flexibility index (Phi) is 9.34. The first-order valence-electron chi connectivity index (χ1n) is 11.9. The second kappa shape index (κ2) is 12.6. The lowest BCUT2D eigenvalue weighted by Crippen LogP contribution is -2.52. The van der Waals surface area contributed by atoms with Crippen LogP contribution in [0, 0.1) is 0 Å². The molecule has 0 radical (unpaired) electrons. The highest BCUT2D eigenvalue weighted by atomic mass is 16.5. The monoisotopic (exact) mass is 483 g/mol. The van der Waals surface area contributed by atoms with Crippen molar-refractivity contribution in [3.63, 3.8) is 0 Å². The minimum atomic E-state index is -0.933. The second-order valence-corrected chi connectivity index (χ2v) is 7.99. The van der Waals surface area contributed by atoms with Crippen LogP contribution in [0.4, 0.5) is 5.69 Å². The molecular formula is C26H33N3O6. The molecular weight excluding hydrogens is 450 g/mol. The summed E-state index contributed by atoms with van der Waals surface area (Å²) in [6.07, 6.45) is -0.933. The molecule has 0 aliphatic carbocycles. The standard InChI is InChI=1S/C26H33N3O6/c1-4-33-22-12-11-20(17-23(22)34-5-2)25(31)27-18-24(30)35-19(3)26(32)29-15-13-28(14-16-29)21-9-7-6-8-10-21/h6-12,17,19H,4-5,13-16,18H2,1-3H3,(H,27,31). The summed E-state index contributed by atoms with van der Waals surface area (Å²) in [7, 11) is 0. The summed E-state index contributed by atoms with van der Waals surface area (Å²) < 4.78 is 16.3. The van der Waals surface area contributed by atoms with E-state index in [2.05, 4.69) is 10.2 Å². The van der Waals surface area contributed by atoms with Crippen molar-refractivity contribution in [2.45, 2.75) is 26.9 Å². The summed E-state index contributed by atoms with van der Waals surface area (Å²) in [6.45, 7) is 8.29. The van der Waals surface area contributed by atoms with E-state index in [1.165, 1.54) is 0 Å². The summed E-state index contributed by atoms with van der Waals surface area (Å²) in [6, 6.07) is 14.8. The van der Waals surface area contributed by atoms with Crippen molar-refractivity contribution in [3.05, 3.63) is 54.1 Å². The molecule has 2 aromatic rings. The number of esters is 1. The fraction of sp³-hybridized carbons (Fsp3) is 0.423.